The van der Waals surface area contributed by atoms with Gasteiger partial charge in [0, 0.05) is 11.0 Å². The average Bonchev–Trinajstić information content (AvgIpc) is 2.13. The minimum absolute atomic E-state index is 0.193. The molecular formula is C7H5FN4O2. The molecule has 1 aromatic rings. The second kappa shape index (κ2) is 3.71. The van der Waals surface area contributed by atoms with E-state index in [1.807, 2.05) is 0 Å². The third kappa shape index (κ3) is 1.62. The van der Waals surface area contributed by atoms with E-state index in [0.717, 1.165) is 6.07 Å². The van der Waals surface area contributed by atoms with Gasteiger partial charge in [-0.1, -0.05) is 5.11 Å². The Morgan fingerprint density at radius 1 is 1.64 bits per heavy atom. The molecule has 0 N–H and O–H groups in total. The molecule has 1 aromatic carbocycles. The Bertz CT molecular complexity index is 440. The van der Waals surface area contributed by atoms with E-state index in [1.165, 1.54) is 13.0 Å². The van der Waals surface area contributed by atoms with Crippen LogP contribution in [0.1, 0.15) is 5.56 Å². The summed E-state index contributed by atoms with van der Waals surface area (Å²) in [5.74, 6) is -0.864. The molecule has 7 heteroatoms. The van der Waals surface area contributed by atoms with Crippen molar-refractivity contribution in [1.29, 1.82) is 0 Å². The fraction of sp³-hybridized carbons (Fsp3) is 0.143. The van der Waals surface area contributed by atoms with Crippen molar-refractivity contribution in [2.24, 2.45) is 5.11 Å². The van der Waals surface area contributed by atoms with Gasteiger partial charge in [0.2, 0.25) is 0 Å². The average molecular weight is 196 g/mol. The zero-order chi connectivity index (χ0) is 10.7. The van der Waals surface area contributed by atoms with Gasteiger partial charge in [-0.3, -0.25) is 10.1 Å². The molecule has 0 radical (unpaired) electrons. The van der Waals surface area contributed by atoms with E-state index in [2.05, 4.69) is 10.0 Å². The first-order chi connectivity index (χ1) is 6.57. The molecule has 0 aliphatic heterocycles. The number of rotatable bonds is 2. The number of azide groups is 1. The highest BCUT2D eigenvalue weighted by molar-refractivity contribution is 5.59. The first-order valence-corrected chi connectivity index (χ1v) is 3.56. The van der Waals surface area contributed by atoms with Crippen LogP contribution in [0.15, 0.2) is 17.2 Å². The fourth-order valence-corrected chi connectivity index (χ4v) is 0.942. The Morgan fingerprint density at radius 3 is 2.79 bits per heavy atom. The number of benzene rings is 1. The van der Waals surface area contributed by atoms with Gasteiger partial charge in [0.05, 0.1) is 4.92 Å². The molecule has 1 rings (SSSR count). The monoisotopic (exact) mass is 196 g/mol. The summed E-state index contributed by atoms with van der Waals surface area (Å²) in [7, 11) is 0. The number of hydrogen-bond acceptors (Lipinski definition) is 3. The molecule has 6 nitrogen and oxygen atoms in total. The van der Waals surface area contributed by atoms with Crippen LogP contribution in [-0.4, -0.2) is 4.92 Å². The van der Waals surface area contributed by atoms with Crippen LogP contribution in [0, 0.1) is 22.9 Å². The Kier molecular flexibility index (Phi) is 2.64. The summed E-state index contributed by atoms with van der Waals surface area (Å²) >= 11 is 0. The maximum absolute atomic E-state index is 13.2. The standard InChI is InChI=1S/C7H5FN4O2/c1-4-2-3-5(12(13)14)7(6(4)8)10-11-9/h2-3H,1H3. The lowest BCUT2D eigenvalue weighted by Crippen LogP contribution is -1.92. The van der Waals surface area contributed by atoms with E-state index in [9.17, 15) is 14.5 Å². The van der Waals surface area contributed by atoms with Gasteiger partial charge in [-0.15, -0.1) is 0 Å². The Hall–Kier alpha value is -2.14. The first-order valence-electron chi connectivity index (χ1n) is 3.56. The molecule has 0 aliphatic rings. The summed E-state index contributed by atoms with van der Waals surface area (Å²) < 4.78 is 13.2. The minimum atomic E-state index is -0.864. The van der Waals surface area contributed by atoms with E-state index in [1.54, 1.807) is 0 Å². The van der Waals surface area contributed by atoms with Gasteiger partial charge in [-0.05, 0) is 24.1 Å². The second-order valence-electron chi connectivity index (χ2n) is 2.51. The van der Waals surface area contributed by atoms with Crippen molar-refractivity contribution < 1.29 is 9.31 Å². The highest BCUT2D eigenvalue weighted by atomic mass is 19.1. The van der Waals surface area contributed by atoms with Gasteiger partial charge >= 0.3 is 0 Å². The number of nitro benzene ring substituents is 1. The second-order valence-corrected chi connectivity index (χ2v) is 2.51. The van der Waals surface area contributed by atoms with E-state index in [-0.39, 0.29) is 5.56 Å². The third-order valence-electron chi connectivity index (χ3n) is 1.63. The Morgan fingerprint density at radius 2 is 2.29 bits per heavy atom. The predicted molar refractivity (Wildman–Crippen MR) is 46.6 cm³/mol. The molecule has 0 amide bonds. The van der Waals surface area contributed by atoms with Crippen LogP contribution in [-0.2, 0) is 0 Å². The maximum atomic E-state index is 13.2. The molecule has 0 unspecified atom stereocenters. The zero-order valence-electron chi connectivity index (χ0n) is 7.14. The van der Waals surface area contributed by atoms with Crippen molar-refractivity contribution in [3.63, 3.8) is 0 Å². The number of aryl methyl sites for hydroxylation is 1. The van der Waals surface area contributed by atoms with Crippen LogP contribution in [0.4, 0.5) is 15.8 Å². The molecule has 0 saturated heterocycles. The fourth-order valence-electron chi connectivity index (χ4n) is 0.942. The van der Waals surface area contributed by atoms with Gasteiger partial charge < -0.3 is 0 Å². The molecule has 0 bridgehead atoms. The number of hydrogen-bond donors (Lipinski definition) is 0. The highest BCUT2D eigenvalue weighted by Gasteiger charge is 2.18. The Labute approximate surface area is 77.7 Å². The summed E-state index contributed by atoms with van der Waals surface area (Å²) in [6.45, 7) is 1.43. The third-order valence-corrected chi connectivity index (χ3v) is 1.63. The van der Waals surface area contributed by atoms with Crippen molar-refractivity contribution in [3.05, 3.63) is 44.1 Å². The molecule has 14 heavy (non-hydrogen) atoms. The van der Waals surface area contributed by atoms with Crippen LogP contribution in [0.5, 0.6) is 0 Å². The van der Waals surface area contributed by atoms with E-state index in [4.69, 9.17) is 5.53 Å². The molecule has 0 heterocycles. The van der Waals surface area contributed by atoms with Crippen molar-refractivity contribution >= 4 is 11.4 Å². The van der Waals surface area contributed by atoms with Gasteiger partial charge in [0.25, 0.3) is 5.69 Å². The van der Waals surface area contributed by atoms with E-state index in [0.29, 0.717) is 0 Å². The molecule has 0 aliphatic carbocycles. The van der Waals surface area contributed by atoms with Crippen LogP contribution >= 0.6 is 0 Å². The van der Waals surface area contributed by atoms with Crippen molar-refractivity contribution in [2.45, 2.75) is 6.92 Å². The molecule has 0 fully saturated rings. The van der Waals surface area contributed by atoms with Crippen LogP contribution in [0.25, 0.3) is 10.4 Å². The molecule has 72 valence electrons. The number of nitro groups is 1. The predicted octanol–water partition coefficient (Wildman–Crippen LogP) is 2.98. The van der Waals surface area contributed by atoms with Crippen molar-refractivity contribution in [1.82, 2.24) is 0 Å². The lowest BCUT2D eigenvalue weighted by molar-refractivity contribution is -0.384. The summed E-state index contributed by atoms with van der Waals surface area (Å²) in [5.41, 5.74) is 7.19. The van der Waals surface area contributed by atoms with Crippen LogP contribution < -0.4 is 0 Å². The first kappa shape index (κ1) is 9.94. The molecule has 0 atom stereocenters. The Balaban J connectivity index is 3.52. The summed E-state index contributed by atoms with van der Waals surface area (Å²) in [5, 5.41) is 13.4. The minimum Gasteiger partial charge on any atom is -0.258 e. The molecular weight excluding hydrogens is 191 g/mol. The van der Waals surface area contributed by atoms with E-state index >= 15 is 0 Å². The quantitative estimate of drug-likeness (QED) is 0.239. The van der Waals surface area contributed by atoms with Gasteiger partial charge in [-0.25, -0.2) is 4.39 Å². The topological polar surface area (TPSA) is 91.9 Å². The largest absolute Gasteiger partial charge is 0.282 e. The molecule has 0 aromatic heterocycles. The summed E-state index contributed by atoms with van der Waals surface area (Å²) in [6.07, 6.45) is 0. The molecule has 0 spiro atoms. The molecule has 0 saturated carbocycles. The maximum Gasteiger partial charge on any atom is 0.282 e. The zero-order valence-corrected chi connectivity index (χ0v) is 7.14. The van der Waals surface area contributed by atoms with Crippen LogP contribution in [0.2, 0.25) is 0 Å². The van der Waals surface area contributed by atoms with Crippen molar-refractivity contribution in [2.75, 3.05) is 0 Å². The SMILES string of the molecule is Cc1ccc([N+](=O)[O-])c(N=[N+]=[N-])c1F. The van der Waals surface area contributed by atoms with Gasteiger partial charge in [0.1, 0.15) is 5.82 Å². The summed E-state index contributed by atoms with van der Waals surface area (Å²) in [4.78, 5) is 11.9. The lowest BCUT2D eigenvalue weighted by Gasteiger charge is -2.00. The highest BCUT2D eigenvalue weighted by Crippen LogP contribution is 2.31. The van der Waals surface area contributed by atoms with Gasteiger partial charge in [-0.2, -0.15) is 0 Å². The van der Waals surface area contributed by atoms with Crippen LogP contribution in [0.3, 0.4) is 0 Å². The number of halogens is 1. The smallest absolute Gasteiger partial charge is 0.258 e. The van der Waals surface area contributed by atoms with Gasteiger partial charge in [0.15, 0.2) is 5.69 Å². The van der Waals surface area contributed by atoms with Crippen molar-refractivity contribution in [3.8, 4) is 0 Å². The number of nitrogens with zero attached hydrogens (tertiary/aromatic N) is 4. The van der Waals surface area contributed by atoms with E-state index < -0.39 is 22.1 Å². The summed E-state index contributed by atoms with van der Waals surface area (Å²) in [6, 6.07) is 2.35. The normalized spacial score (nSPS) is 9.29. The lowest BCUT2D eigenvalue weighted by atomic mass is 10.2.